The first-order valence-electron chi connectivity index (χ1n) is 4.86. The molecule has 0 unspecified atom stereocenters. The Kier molecular flexibility index (Phi) is 5.06. The normalized spacial score (nSPS) is 11.6. The predicted molar refractivity (Wildman–Crippen MR) is 61.2 cm³/mol. The van der Waals surface area contributed by atoms with Crippen LogP contribution >= 0.6 is 11.3 Å². The number of hydrogen-bond donors (Lipinski definition) is 4. The minimum atomic E-state index is -1.46. The van der Waals surface area contributed by atoms with Crippen LogP contribution in [0.1, 0.15) is 11.4 Å². The molecule has 0 spiro atoms. The molecule has 0 radical (unpaired) electrons. The SMILES string of the molecule is O=C(O)C[C@@H](NC(=O)NCc1nccs1)C(=O)O. The molecule has 0 saturated heterocycles. The van der Waals surface area contributed by atoms with Crippen LogP contribution in [0, 0.1) is 0 Å². The van der Waals surface area contributed by atoms with Crippen LogP contribution in [-0.4, -0.2) is 39.2 Å². The Balaban J connectivity index is 2.41. The van der Waals surface area contributed by atoms with Gasteiger partial charge in [0.05, 0.1) is 13.0 Å². The average Bonchev–Trinajstić information content (AvgIpc) is 2.77. The van der Waals surface area contributed by atoms with Crippen LogP contribution in [0.5, 0.6) is 0 Å². The van der Waals surface area contributed by atoms with Gasteiger partial charge in [-0.3, -0.25) is 4.79 Å². The van der Waals surface area contributed by atoms with Crippen molar-refractivity contribution in [1.82, 2.24) is 15.6 Å². The number of nitrogens with one attached hydrogen (secondary N) is 2. The Morgan fingerprint density at radius 3 is 2.61 bits per heavy atom. The molecule has 1 heterocycles. The number of hydrogen-bond acceptors (Lipinski definition) is 5. The van der Waals surface area contributed by atoms with Gasteiger partial charge in [0.2, 0.25) is 0 Å². The lowest BCUT2D eigenvalue weighted by atomic mass is 10.2. The molecule has 8 nitrogen and oxygen atoms in total. The lowest BCUT2D eigenvalue weighted by Crippen LogP contribution is -2.46. The molecular weight excluding hydrogens is 262 g/mol. The Labute approximate surface area is 106 Å². The highest BCUT2D eigenvalue weighted by molar-refractivity contribution is 7.09. The van der Waals surface area contributed by atoms with Gasteiger partial charge in [-0.05, 0) is 0 Å². The largest absolute Gasteiger partial charge is 0.481 e. The van der Waals surface area contributed by atoms with E-state index < -0.39 is 30.4 Å². The summed E-state index contributed by atoms with van der Waals surface area (Å²) < 4.78 is 0. The lowest BCUT2D eigenvalue weighted by Gasteiger charge is -2.12. The first kappa shape index (κ1) is 13.9. The van der Waals surface area contributed by atoms with Gasteiger partial charge in [-0.1, -0.05) is 0 Å². The Bertz CT molecular complexity index is 433. The van der Waals surface area contributed by atoms with Gasteiger partial charge in [0.15, 0.2) is 0 Å². The van der Waals surface area contributed by atoms with Gasteiger partial charge in [0, 0.05) is 11.6 Å². The summed E-state index contributed by atoms with van der Waals surface area (Å²) in [6, 6.07) is -2.21. The number of amides is 2. The molecule has 1 aromatic heterocycles. The number of carboxylic acids is 2. The van der Waals surface area contributed by atoms with Crippen LogP contribution in [0.25, 0.3) is 0 Å². The van der Waals surface area contributed by atoms with E-state index in [0.717, 1.165) is 0 Å². The third-order valence-corrected chi connectivity index (χ3v) is 2.65. The zero-order valence-corrected chi connectivity index (χ0v) is 9.94. The highest BCUT2D eigenvalue weighted by Gasteiger charge is 2.22. The van der Waals surface area contributed by atoms with E-state index in [1.807, 2.05) is 0 Å². The van der Waals surface area contributed by atoms with Crippen molar-refractivity contribution >= 4 is 29.3 Å². The second kappa shape index (κ2) is 6.55. The monoisotopic (exact) mass is 273 g/mol. The lowest BCUT2D eigenvalue weighted by molar-refractivity contribution is -0.145. The quantitative estimate of drug-likeness (QED) is 0.571. The maximum atomic E-state index is 11.3. The number of aliphatic carboxylic acids is 2. The fourth-order valence-corrected chi connectivity index (χ4v) is 1.64. The third kappa shape index (κ3) is 4.78. The molecule has 0 aliphatic carbocycles. The fraction of sp³-hybridized carbons (Fsp3) is 0.333. The molecule has 98 valence electrons. The summed E-state index contributed by atoms with van der Waals surface area (Å²) in [6.45, 7) is 0.156. The van der Waals surface area contributed by atoms with Crippen LogP contribution < -0.4 is 10.6 Å². The fourth-order valence-electron chi connectivity index (χ4n) is 1.08. The average molecular weight is 273 g/mol. The third-order valence-electron chi connectivity index (χ3n) is 1.87. The Hall–Kier alpha value is -2.16. The molecule has 2 amide bonds. The van der Waals surface area contributed by atoms with E-state index >= 15 is 0 Å². The number of carbonyl (C=O) groups is 3. The maximum Gasteiger partial charge on any atom is 0.326 e. The van der Waals surface area contributed by atoms with Crippen LogP contribution in [-0.2, 0) is 16.1 Å². The number of carboxylic acid groups (broad SMARTS) is 2. The standard InChI is InChI=1S/C9H11N3O5S/c13-7(14)3-5(8(15)16)12-9(17)11-4-6-10-1-2-18-6/h1-2,5H,3-4H2,(H,13,14)(H,15,16)(H2,11,12,17)/t5-/m1/s1. The zero-order valence-electron chi connectivity index (χ0n) is 9.12. The topological polar surface area (TPSA) is 129 Å². The summed E-state index contributed by atoms with van der Waals surface area (Å²) in [4.78, 5) is 36.3. The molecule has 0 bridgehead atoms. The van der Waals surface area contributed by atoms with E-state index in [1.54, 1.807) is 11.6 Å². The van der Waals surface area contributed by atoms with E-state index in [0.29, 0.717) is 5.01 Å². The molecule has 0 saturated carbocycles. The van der Waals surface area contributed by atoms with Crippen LogP contribution in [0.3, 0.4) is 0 Å². The van der Waals surface area contributed by atoms with E-state index in [2.05, 4.69) is 15.6 Å². The number of aromatic nitrogens is 1. The van der Waals surface area contributed by atoms with E-state index in [9.17, 15) is 14.4 Å². The van der Waals surface area contributed by atoms with E-state index in [4.69, 9.17) is 10.2 Å². The summed E-state index contributed by atoms with van der Waals surface area (Å²) in [5.74, 6) is -2.70. The second-order valence-corrected chi connectivity index (χ2v) is 4.22. The van der Waals surface area contributed by atoms with Crippen LogP contribution in [0.2, 0.25) is 0 Å². The maximum absolute atomic E-state index is 11.3. The Morgan fingerprint density at radius 1 is 1.39 bits per heavy atom. The van der Waals surface area contributed by atoms with Crippen molar-refractivity contribution in [3.05, 3.63) is 16.6 Å². The van der Waals surface area contributed by atoms with Crippen molar-refractivity contribution in [2.24, 2.45) is 0 Å². The minimum absolute atomic E-state index is 0.156. The van der Waals surface area contributed by atoms with Gasteiger partial charge < -0.3 is 20.8 Å². The van der Waals surface area contributed by atoms with Gasteiger partial charge in [-0.15, -0.1) is 11.3 Å². The molecule has 1 rings (SSSR count). The molecule has 0 aliphatic rings. The molecule has 0 aromatic carbocycles. The van der Waals surface area contributed by atoms with Gasteiger partial charge >= 0.3 is 18.0 Å². The van der Waals surface area contributed by atoms with Gasteiger partial charge in [0.25, 0.3) is 0 Å². The van der Waals surface area contributed by atoms with E-state index in [-0.39, 0.29) is 6.54 Å². The number of carbonyl (C=O) groups excluding carboxylic acids is 1. The number of nitrogens with zero attached hydrogens (tertiary/aromatic N) is 1. The highest BCUT2D eigenvalue weighted by atomic mass is 32.1. The number of urea groups is 1. The highest BCUT2D eigenvalue weighted by Crippen LogP contribution is 2.02. The minimum Gasteiger partial charge on any atom is -0.481 e. The summed E-state index contributed by atoms with van der Waals surface area (Å²) in [5, 5.41) is 24.0. The summed E-state index contributed by atoms with van der Waals surface area (Å²) >= 11 is 1.34. The van der Waals surface area contributed by atoms with Crippen molar-refractivity contribution in [2.75, 3.05) is 0 Å². The van der Waals surface area contributed by atoms with Crippen molar-refractivity contribution < 1.29 is 24.6 Å². The molecule has 0 aliphatic heterocycles. The molecule has 9 heteroatoms. The number of thiazole rings is 1. The van der Waals surface area contributed by atoms with Crippen molar-refractivity contribution in [2.45, 2.75) is 19.0 Å². The molecule has 1 atom stereocenters. The summed E-state index contributed by atoms with van der Waals surface area (Å²) in [5.41, 5.74) is 0. The van der Waals surface area contributed by atoms with Crippen molar-refractivity contribution in [1.29, 1.82) is 0 Å². The summed E-state index contributed by atoms with van der Waals surface area (Å²) in [7, 11) is 0. The molecule has 4 N–H and O–H groups in total. The van der Waals surface area contributed by atoms with Crippen LogP contribution in [0.4, 0.5) is 4.79 Å². The van der Waals surface area contributed by atoms with Crippen molar-refractivity contribution in [3.8, 4) is 0 Å². The molecular formula is C9H11N3O5S. The molecule has 0 fully saturated rings. The van der Waals surface area contributed by atoms with Crippen LogP contribution in [0.15, 0.2) is 11.6 Å². The molecule has 18 heavy (non-hydrogen) atoms. The van der Waals surface area contributed by atoms with Gasteiger partial charge in [0.1, 0.15) is 11.0 Å². The Morgan fingerprint density at radius 2 is 2.11 bits per heavy atom. The van der Waals surface area contributed by atoms with Gasteiger partial charge in [-0.25, -0.2) is 14.6 Å². The zero-order chi connectivity index (χ0) is 13.5. The first-order valence-corrected chi connectivity index (χ1v) is 5.74. The smallest absolute Gasteiger partial charge is 0.326 e. The predicted octanol–water partition coefficient (Wildman–Crippen LogP) is -0.130. The second-order valence-electron chi connectivity index (χ2n) is 3.24. The molecule has 1 aromatic rings. The van der Waals surface area contributed by atoms with Gasteiger partial charge in [-0.2, -0.15) is 0 Å². The van der Waals surface area contributed by atoms with E-state index in [1.165, 1.54) is 11.3 Å². The summed E-state index contributed by atoms with van der Waals surface area (Å²) in [6.07, 6.45) is 0.893. The number of rotatable bonds is 6. The first-order chi connectivity index (χ1) is 8.49. The van der Waals surface area contributed by atoms with Crippen molar-refractivity contribution in [3.63, 3.8) is 0 Å².